The number of methoxy groups -OCH3 is 1. The maximum absolute atomic E-state index is 6.04. The topological polar surface area (TPSA) is 38.5 Å². The summed E-state index contributed by atoms with van der Waals surface area (Å²) < 4.78 is 5.22. The zero-order valence-corrected chi connectivity index (χ0v) is 13.4. The molecule has 20 heavy (non-hydrogen) atoms. The van der Waals surface area contributed by atoms with Crippen molar-refractivity contribution in [1.29, 1.82) is 0 Å². The van der Waals surface area contributed by atoms with Crippen LogP contribution in [0.25, 0.3) is 0 Å². The van der Waals surface area contributed by atoms with E-state index in [1.165, 1.54) is 18.4 Å². The van der Waals surface area contributed by atoms with Gasteiger partial charge in [-0.05, 0) is 30.2 Å². The van der Waals surface area contributed by atoms with Crippen LogP contribution in [-0.4, -0.2) is 31.6 Å². The van der Waals surface area contributed by atoms with Crippen molar-refractivity contribution in [3.05, 3.63) is 29.8 Å². The SMILES string of the molecule is CCC(CC)CN(CC)C(CN)c1ccc(OC)cc1. The third-order valence-electron chi connectivity index (χ3n) is 4.22. The second-order valence-electron chi connectivity index (χ2n) is 5.29. The summed E-state index contributed by atoms with van der Waals surface area (Å²) in [5.41, 5.74) is 7.32. The number of hydrogen-bond donors (Lipinski definition) is 1. The Bertz CT molecular complexity index is 360. The van der Waals surface area contributed by atoms with Gasteiger partial charge in [-0.1, -0.05) is 45.7 Å². The Kier molecular flexibility index (Phi) is 7.63. The molecule has 1 atom stereocenters. The normalized spacial score (nSPS) is 12.9. The van der Waals surface area contributed by atoms with Crippen molar-refractivity contribution in [3.8, 4) is 5.75 Å². The van der Waals surface area contributed by atoms with Crippen molar-refractivity contribution in [2.24, 2.45) is 11.7 Å². The molecule has 114 valence electrons. The summed E-state index contributed by atoms with van der Waals surface area (Å²) in [5, 5.41) is 0. The molecule has 2 N–H and O–H groups in total. The zero-order chi connectivity index (χ0) is 15.0. The van der Waals surface area contributed by atoms with Crippen molar-refractivity contribution in [3.63, 3.8) is 0 Å². The average Bonchev–Trinajstić information content (AvgIpc) is 2.51. The quantitative estimate of drug-likeness (QED) is 0.752. The van der Waals surface area contributed by atoms with E-state index in [1.54, 1.807) is 7.11 Å². The minimum atomic E-state index is 0.298. The molecule has 3 heteroatoms. The van der Waals surface area contributed by atoms with Crippen molar-refractivity contribution in [2.45, 2.75) is 39.7 Å². The molecule has 0 aromatic heterocycles. The molecule has 0 aliphatic rings. The number of benzene rings is 1. The van der Waals surface area contributed by atoms with Crippen LogP contribution in [0.1, 0.15) is 45.2 Å². The zero-order valence-electron chi connectivity index (χ0n) is 13.4. The van der Waals surface area contributed by atoms with Gasteiger partial charge < -0.3 is 10.5 Å². The predicted octanol–water partition coefficient (Wildman–Crippen LogP) is 3.45. The molecular weight excluding hydrogens is 248 g/mol. The van der Waals surface area contributed by atoms with Crippen molar-refractivity contribution in [2.75, 3.05) is 26.7 Å². The van der Waals surface area contributed by atoms with Crippen LogP contribution in [0.15, 0.2) is 24.3 Å². The first kappa shape index (κ1) is 17.0. The van der Waals surface area contributed by atoms with Crippen LogP contribution in [0.5, 0.6) is 5.75 Å². The van der Waals surface area contributed by atoms with Gasteiger partial charge in [0, 0.05) is 19.1 Å². The van der Waals surface area contributed by atoms with Gasteiger partial charge >= 0.3 is 0 Å². The summed E-state index contributed by atoms with van der Waals surface area (Å²) in [5.74, 6) is 1.65. The van der Waals surface area contributed by atoms with Gasteiger partial charge in [0.25, 0.3) is 0 Å². The van der Waals surface area contributed by atoms with E-state index in [2.05, 4.69) is 37.8 Å². The maximum atomic E-state index is 6.04. The molecule has 0 amide bonds. The van der Waals surface area contributed by atoms with E-state index in [-0.39, 0.29) is 0 Å². The molecule has 0 bridgehead atoms. The van der Waals surface area contributed by atoms with Crippen molar-refractivity contribution >= 4 is 0 Å². The van der Waals surface area contributed by atoms with Gasteiger partial charge in [-0.2, -0.15) is 0 Å². The van der Waals surface area contributed by atoms with Crippen molar-refractivity contribution < 1.29 is 4.74 Å². The first-order chi connectivity index (χ1) is 9.69. The molecular formula is C17H30N2O. The van der Waals surface area contributed by atoms with Crippen LogP contribution in [0.2, 0.25) is 0 Å². The summed E-state index contributed by atoms with van der Waals surface area (Å²) in [7, 11) is 1.70. The lowest BCUT2D eigenvalue weighted by Gasteiger charge is -2.33. The Morgan fingerprint density at radius 2 is 1.70 bits per heavy atom. The summed E-state index contributed by atoms with van der Waals surface area (Å²) in [6.07, 6.45) is 2.46. The molecule has 1 unspecified atom stereocenters. The molecule has 0 spiro atoms. The van der Waals surface area contributed by atoms with Crippen LogP contribution in [0.3, 0.4) is 0 Å². The van der Waals surface area contributed by atoms with E-state index >= 15 is 0 Å². The lowest BCUT2D eigenvalue weighted by molar-refractivity contribution is 0.174. The van der Waals surface area contributed by atoms with Gasteiger partial charge in [-0.15, -0.1) is 0 Å². The fourth-order valence-corrected chi connectivity index (χ4v) is 2.68. The molecule has 0 radical (unpaired) electrons. The van der Waals surface area contributed by atoms with E-state index in [4.69, 9.17) is 10.5 Å². The summed E-state index contributed by atoms with van der Waals surface area (Å²) in [6, 6.07) is 8.59. The Morgan fingerprint density at radius 1 is 1.10 bits per heavy atom. The Morgan fingerprint density at radius 3 is 2.10 bits per heavy atom. The molecule has 0 aliphatic heterocycles. The standard InChI is InChI=1S/C17H30N2O/c1-5-14(6-2)13-19(7-3)17(12-18)15-8-10-16(20-4)11-9-15/h8-11,14,17H,5-7,12-13,18H2,1-4H3. The van der Waals surface area contributed by atoms with Gasteiger partial charge in [-0.3, -0.25) is 4.90 Å². The second-order valence-corrected chi connectivity index (χ2v) is 5.29. The lowest BCUT2D eigenvalue weighted by Crippen LogP contribution is -2.37. The van der Waals surface area contributed by atoms with Crippen LogP contribution >= 0.6 is 0 Å². The third-order valence-corrected chi connectivity index (χ3v) is 4.22. The van der Waals surface area contributed by atoms with Crippen molar-refractivity contribution in [1.82, 2.24) is 4.90 Å². The fourth-order valence-electron chi connectivity index (χ4n) is 2.68. The number of likely N-dealkylation sites (N-methyl/N-ethyl adjacent to an activating group) is 1. The molecule has 0 fully saturated rings. The third kappa shape index (κ3) is 4.50. The predicted molar refractivity (Wildman–Crippen MR) is 86.1 cm³/mol. The fraction of sp³-hybridized carbons (Fsp3) is 0.647. The van der Waals surface area contributed by atoms with Crippen LogP contribution in [0.4, 0.5) is 0 Å². The van der Waals surface area contributed by atoms with E-state index in [0.717, 1.165) is 24.8 Å². The second kappa shape index (κ2) is 8.98. The first-order valence-electron chi connectivity index (χ1n) is 7.78. The average molecular weight is 278 g/mol. The van der Waals surface area contributed by atoms with Gasteiger partial charge in [0.15, 0.2) is 0 Å². The summed E-state index contributed by atoms with van der Waals surface area (Å²) in [6.45, 7) is 9.57. The molecule has 0 aliphatic carbocycles. The molecule has 3 nitrogen and oxygen atoms in total. The minimum Gasteiger partial charge on any atom is -0.497 e. The highest BCUT2D eigenvalue weighted by Gasteiger charge is 2.20. The van der Waals surface area contributed by atoms with Crippen LogP contribution in [0, 0.1) is 5.92 Å². The smallest absolute Gasteiger partial charge is 0.118 e. The Hall–Kier alpha value is -1.06. The molecule has 1 aromatic rings. The summed E-state index contributed by atoms with van der Waals surface area (Å²) in [4.78, 5) is 2.50. The van der Waals surface area contributed by atoms with Gasteiger partial charge in [0.05, 0.1) is 7.11 Å². The Labute approximate surface area is 124 Å². The van der Waals surface area contributed by atoms with E-state index in [0.29, 0.717) is 12.6 Å². The van der Waals surface area contributed by atoms with Gasteiger partial charge in [0.2, 0.25) is 0 Å². The number of ether oxygens (including phenoxy) is 1. The largest absolute Gasteiger partial charge is 0.497 e. The van der Waals surface area contributed by atoms with Crippen LogP contribution < -0.4 is 10.5 Å². The summed E-state index contributed by atoms with van der Waals surface area (Å²) >= 11 is 0. The van der Waals surface area contributed by atoms with Crippen LogP contribution in [-0.2, 0) is 0 Å². The highest BCUT2D eigenvalue weighted by Crippen LogP contribution is 2.24. The number of nitrogens with two attached hydrogens (primary N) is 1. The molecule has 0 saturated heterocycles. The Balaban J connectivity index is 2.84. The lowest BCUT2D eigenvalue weighted by atomic mass is 9.99. The molecule has 1 rings (SSSR count). The maximum Gasteiger partial charge on any atom is 0.118 e. The number of rotatable bonds is 9. The van der Waals surface area contributed by atoms with E-state index < -0.39 is 0 Å². The number of hydrogen-bond acceptors (Lipinski definition) is 3. The van der Waals surface area contributed by atoms with E-state index in [1.807, 2.05) is 12.1 Å². The van der Waals surface area contributed by atoms with E-state index in [9.17, 15) is 0 Å². The highest BCUT2D eigenvalue weighted by atomic mass is 16.5. The molecule has 0 heterocycles. The first-order valence-corrected chi connectivity index (χ1v) is 7.78. The molecule has 0 saturated carbocycles. The van der Waals surface area contributed by atoms with Gasteiger partial charge in [0.1, 0.15) is 5.75 Å². The monoisotopic (exact) mass is 278 g/mol. The molecule has 1 aromatic carbocycles. The number of nitrogens with zero attached hydrogens (tertiary/aromatic N) is 1. The van der Waals surface area contributed by atoms with Gasteiger partial charge in [-0.25, -0.2) is 0 Å². The minimum absolute atomic E-state index is 0.298. The highest BCUT2D eigenvalue weighted by molar-refractivity contribution is 5.29.